The van der Waals surface area contributed by atoms with Crippen molar-refractivity contribution >= 4 is 11.7 Å². The summed E-state index contributed by atoms with van der Waals surface area (Å²) in [6.45, 7) is 5.99. The summed E-state index contributed by atoms with van der Waals surface area (Å²) in [4.78, 5) is 20.5. The van der Waals surface area contributed by atoms with E-state index >= 15 is 0 Å². The highest BCUT2D eigenvalue weighted by Crippen LogP contribution is 2.22. The van der Waals surface area contributed by atoms with Crippen LogP contribution in [-0.4, -0.2) is 59.8 Å². The highest BCUT2D eigenvalue weighted by molar-refractivity contribution is 5.74. The van der Waals surface area contributed by atoms with Gasteiger partial charge in [-0.1, -0.05) is 6.92 Å². The molecule has 2 aliphatic rings. The summed E-state index contributed by atoms with van der Waals surface area (Å²) in [5, 5.41) is 13.0. The van der Waals surface area contributed by atoms with Crippen molar-refractivity contribution in [2.45, 2.75) is 32.3 Å². The Bertz CT molecular complexity index is 531. The van der Waals surface area contributed by atoms with Crippen molar-refractivity contribution in [1.82, 2.24) is 15.2 Å². The van der Waals surface area contributed by atoms with Gasteiger partial charge in [-0.25, -0.2) is 4.79 Å². The number of amides is 2. The predicted molar refractivity (Wildman–Crippen MR) is 93.9 cm³/mol. The molecule has 0 aliphatic carbocycles. The summed E-state index contributed by atoms with van der Waals surface area (Å²) in [6.07, 6.45) is 6.31. The van der Waals surface area contributed by atoms with Gasteiger partial charge < -0.3 is 20.2 Å². The summed E-state index contributed by atoms with van der Waals surface area (Å²) in [6, 6.07) is 4.06. The van der Waals surface area contributed by atoms with E-state index < -0.39 is 6.10 Å². The molecule has 2 saturated heterocycles. The third-order valence-corrected chi connectivity index (χ3v) is 5.39. The van der Waals surface area contributed by atoms with Crippen molar-refractivity contribution in [2.75, 3.05) is 37.6 Å². The fraction of sp³-hybridized carbons (Fsp3) is 0.667. The minimum Gasteiger partial charge on any atom is -0.391 e. The molecule has 6 nitrogen and oxygen atoms in total. The van der Waals surface area contributed by atoms with Gasteiger partial charge in [-0.05, 0) is 43.2 Å². The fourth-order valence-corrected chi connectivity index (χ4v) is 3.53. The first-order chi connectivity index (χ1) is 11.6. The van der Waals surface area contributed by atoms with E-state index in [-0.39, 0.29) is 11.9 Å². The number of piperidine rings is 2. The molecule has 3 rings (SSSR count). The zero-order valence-corrected chi connectivity index (χ0v) is 14.4. The van der Waals surface area contributed by atoms with E-state index in [4.69, 9.17) is 0 Å². The molecular weight excluding hydrogens is 304 g/mol. The molecule has 24 heavy (non-hydrogen) atoms. The van der Waals surface area contributed by atoms with E-state index in [1.807, 2.05) is 31.5 Å². The van der Waals surface area contributed by atoms with Crippen LogP contribution in [0.5, 0.6) is 0 Å². The molecule has 132 valence electrons. The molecule has 1 aromatic heterocycles. The van der Waals surface area contributed by atoms with Gasteiger partial charge in [-0.3, -0.25) is 4.98 Å². The van der Waals surface area contributed by atoms with Crippen molar-refractivity contribution in [1.29, 1.82) is 0 Å². The molecule has 0 bridgehead atoms. The number of hydrogen-bond donors (Lipinski definition) is 2. The molecule has 1 aromatic rings. The van der Waals surface area contributed by atoms with Crippen LogP contribution in [0.3, 0.4) is 0 Å². The van der Waals surface area contributed by atoms with Crippen LogP contribution in [0.1, 0.15) is 26.2 Å². The van der Waals surface area contributed by atoms with E-state index in [0.29, 0.717) is 12.5 Å². The number of aromatic nitrogens is 1. The van der Waals surface area contributed by atoms with Crippen LogP contribution < -0.4 is 10.2 Å². The zero-order chi connectivity index (χ0) is 16.9. The third-order valence-electron chi connectivity index (χ3n) is 5.39. The highest BCUT2D eigenvalue weighted by atomic mass is 16.3. The van der Waals surface area contributed by atoms with Gasteiger partial charge in [0.2, 0.25) is 0 Å². The Morgan fingerprint density at radius 1 is 1.25 bits per heavy atom. The number of carbonyl (C=O) groups is 1. The van der Waals surface area contributed by atoms with E-state index in [1.54, 1.807) is 4.90 Å². The van der Waals surface area contributed by atoms with E-state index in [2.05, 4.69) is 15.2 Å². The van der Waals surface area contributed by atoms with Gasteiger partial charge in [-0.2, -0.15) is 0 Å². The van der Waals surface area contributed by atoms with E-state index in [1.165, 1.54) is 5.69 Å². The number of anilines is 1. The van der Waals surface area contributed by atoms with Crippen molar-refractivity contribution < 1.29 is 9.90 Å². The van der Waals surface area contributed by atoms with Crippen LogP contribution in [0.25, 0.3) is 0 Å². The summed E-state index contributed by atoms with van der Waals surface area (Å²) in [5.74, 6) is 0.812. The average molecular weight is 332 g/mol. The number of rotatable bonds is 3. The monoisotopic (exact) mass is 332 g/mol. The molecule has 2 fully saturated rings. The quantitative estimate of drug-likeness (QED) is 0.884. The fourth-order valence-electron chi connectivity index (χ4n) is 3.53. The van der Waals surface area contributed by atoms with Crippen molar-refractivity contribution in [3.8, 4) is 0 Å². The largest absolute Gasteiger partial charge is 0.391 e. The first-order valence-electron chi connectivity index (χ1n) is 8.99. The van der Waals surface area contributed by atoms with Crippen LogP contribution in [0, 0.1) is 11.8 Å². The smallest absolute Gasteiger partial charge is 0.317 e. The second-order valence-corrected chi connectivity index (χ2v) is 7.10. The first kappa shape index (κ1) is 17.0. The molecule has 3 heterocycles. The van der Waals surface area contributed by atoms with Crippen molar-refractivity contribution in [2.24, 2.45) is 11.8 Å². The lowest BCUT2D eigenvalue weighted by Gasteiger charge is -2.36. The lowest BCUT2D eigenvalue weighted by Crippen LogP contribution is -2.50. The van der Waals surface area contributed by atoms with E-state index in [0.717, 1.165) is 45.4 Å². The number of aliphatic hydroxyl groups excluding tert-OH is 1. The Hall–Kier alpha value is -1.82. The van der Waals surface area contributed by atoms with Gasteiger partial charge in [0.25, 0.3) is 0 Å². The van der Waals surface area contributed by atoms with Crippen LogP contribution in [0.15, 0.2) is 24.5 Å². The highest BCUT2D eigenvalue weighted by Gasteiger charge is 2.28. The Morgan fingerprint density at radius 2 is 1.96 bits per heavy atom. The Labute approximate surface area is 143 Å². The van der Waals surface area contributed by atoms with Crippen LogP contribution in [0.2, 0.25) is 0 Å². The maximum absolute atomic E-state index is 12.3. The summed E-state index contributed by atoms with van der Waals surface area (Å²) in [7, 11) is 0. The molecule has 2 amide bonds. The third kappa shape index (κ3) is 4.17. The summed E-state index contributed by atoms with van der Waals surface area (Å²) < 4.78 is 0. The number of urea groups is 1. The SMILES string of the molecule is CC1CCN(C(=O)NCC2CCN(c3ccncc3)CC2)CC1O. The molecule has 2 N–H and O–H groups in total. The number of nitrogens with zero attached hydrogens (tertiary/aromatic N) is 3. The molecule has 0 radical (unpaired) electrons. The maximum Gasteiger partial charge on any atom is 0.317 e. The van der Waals surface area contributed by atoms with Gasteiger partial charge in [-0.15, -0.1) is 0 Å². The Kier molecular flexibility index (Phi) is 5.56. The van der Waals surface area contributed by atoms with Crippen molar-refractivity contribution in [3.63, 3.8) is 0 Å². The summed E-state index contributed by atoms with van der Waals surface area (Å²) in [5.41, 5.74) is 1.23. The first-order valence-corrected chi connectivity index (χ1v) is 8.99. The number of pyridine rings is 1. The number of aliphatic hydroxyl groups is 1. The van der Waals surface area contributed by atoms with Gasteiger partial charge in [0.1, 0.15) is 0 Å². The van der Waals surface area contributed by atoms with Crippen LogP contribution >= 0.6 is 0 Å². The van der Waals surface area contributed by atoms with Crippen LogP contribution in [0.4, 0.5) is 10.5 Å². The molecule has 0 saturated carbocycles. The molecule has 2 aliphatic heterocycles. The molecule has 0 spiro atoms. The second kappa shape index (κ2) is 7.83. The molecule has 2 unspecified atom stereocenters. The molecule has 2 atom stereocenters. The van der Waals surface area contributed by atoms with Crippen LogP contribution in [-0.2, 0) is 0 Å². The molecule has 6 heteroatoms. The lowest BCUT2D eigenvalue weighted by atomic mass is 9.96. The Morgan fingerprint density at radius 3 is 2.62 bits per heavy atom. The second-order valence-electron chi connectivity index (χ2n) is 7.10. The Balaban J connectivity index is 1.40. The molecule has 0 aromatic carbocycles. The number of nitrogens with one attached hydrogen (secondary N) is 1. The number of β-amino-alcohol motifs (C(OH)–C–C–N with tert-alkyl or cyclic N) is 1. The minimum atomic E-state index is -0.395. The number of likely N-dealkylation sites (tertiary alicyclic amines) is 1. The average Bonchev–Trinajstić information content (AvgIpc) is 2.63. The van der Waals surface area contributed by atoms with Gasteiger partial charge >= 0.3 is 6.03 Å². The lowest BCUT2D eigenvalue weighted by molar-refractivity contribution is 0.0433. The van der Waals surface area contributed by atoms with Crippen molar-refractivity contribution in [3.05, 3.63) is 24.5 Å². The predicted octanol–water partition coefficient (Wildman–Crippen LogP) is 1.71. The number of carbonyl (C=O) groups excluding carboxylic acids is 1. The van der Waals surface area contributed by atoms with Gasteiger partial charge in [0.05, 0.1) is 6.10 Å². The van der Waals surface area contributed by atoms with Gasteiger partial charge in [0, 0.05) is 50.8 Å². The molecular formula is C18H28N4O2. The topological polar surface area (TPSA) is 68.7 Å². The summed E-state index contributed by atoms with van der Waals surface area (Å²) >= 11 is 0. The number of hydrogen-bond acceptors (Lipinski definition) is 4. The maximum atomic E-state index is 12.3. The normalized spacial score (nSPS) is 25.6. The zero-order valence-electron chi connectivity index (χ0n) is 14.4. The standard InChI is InChI=1S/C18H28N4O2/c1-14-4-9-22(13-17(14)23)18(24)20-12-15-5-10-21(11-6-15)16-2-7-19-8-3-16/h2-3,7-8,14-15,17,23H,4-6,9-13H2,1H3,(H,20,24). The van der Waals surface area contributed by atoms with E-state index in [9.17, 15) is 9.90 Å². The minimum absolute atomic E-state index is 0.0301. The van der Waals surface area contributed by atoms with Gasteiger partial charge in [0.15, 0.2) is 0 Å².